The number of nitrogens with one attached hydrogen (secondary N) is 1. The summed E-state index contributed by atoms with van der Waals surface area (Å²) in [5, 5.41) is 4.75. The summed E-state index contributed by atoms with van der Waals surface area (Å²) >= 11 is 0. The molecule has 1 aliphatic carbocycles. The molecule has 3 aliphatic rings. The van der Waals surface area contributed by atoms with Crippen molar-refractivity contribution in [2.24, 2.45) is 0 Å². The Bertz CT molecular complexity index is 1170. The summed E-state index contributed by atoms with van der Waals surface area (Å²) in [4.78, 5) is 11.1. The summed E-state index contributed by atoms with van der Waals surface area (Å²) in [5.74, 6) is 1.94. The van der Waals surface area contributed by atoms with E-state index in [1.54, 1.807) is 6.33 Å². The zero-order chi connectivity index (χ0) is 22.9. The number of hydrogen-bond donors (Lipinski definition) is 1. The molecule has 1 saturated heterocycles. The minimum Gasteiger partial charge on any atom is -0.491 e. The lowest BCUT2D eigenvalue weighted by Crippen LogP contribution is -2.36. The molecular formula is C27H32N4O3. The van der Waals surface area contributed by atoms with Crippen molar-refractivity contribution in [3.8, 4) is 11.5 Å². The van der Waals surface area contributed by atoms with Gasteiger partial charge in [-0.2, -0.15) is 0 Å². The van der Waals surface area contributed by atoms with E-state index >= 15 is 0 Å². The fourth-order valence-corrected chi connectivity index (χ4v) is 5.44. The Morgan fingerprint density at radius 3 is 2.74 bits per heavy atom. The molecule has 6 rings (SSSR count). The van der Waals surface area contributed by atoms with Gasteiger partial charge in [0.25, 0.3) is 0 Å². The number of benzene rings is 2. The van der Waals surface area contributed by atoms with Crippen molar-refractivity contribution < 1.29 is 14.2 Å². The van der Waals surface area contributed by atoms with Gasteiger partial charge >= 0.3 is 0 Å². The van der Waals surface area contributed by atoms with Crippen molar-refractivity contribution >= 4 is 22.3 Å². The maximum absolute atomic E-state index is 6.60. The monoisotopic (exact) mass is 460 g/mol. The minimum atomic E-state index is 0.195. The molecule has 3 heterocycles. The van der Waals surface area contributed by atoms with Crippen LogP contribution in [0.2, 0.25) is 0 Å². The molecule has 2 aliphatic heterocycles. The molecule has 0 spiro atoms. The summed E-state index contributed by atoms with van der Waals surface area (Å²) < 4.78 is 18.1. The highest BCUT2D eigenvalue weighted by atomic mass is 16.5. The third kappa shape index (κ3) is 4.37. The van der Waals surface area contributed by atoms with E-state index in [1.807, 2.05) is 6.20 Å². The number of nitrogens with zero attached hydrogens (tertiary/aromatic N) is 3. The smallest absolute Gasteiger partial charge is 0.145 e. The highest BCUT2D eigenvalue weighted by molar-refractivity contribution is 5.88. The number of morpholine rings is 1. The lowest BCUT2D eigenvalue weighted by molar-refractivity contribution is 0.122. The van der Waals surface area contributed by atoms with Gasteiger partial charge in [-0.15, -0.1) is 0 Å². The van der Waals surface area contributed by atoms with Crippen LogP contribution in [0.5, 0.6) is 11.5 Å². The number of hydrogen-bond acceptors (Lipinski definition) is 7. The Labute approximate surface area is 200 Å². The molecule has 0 unspecified atom stereocenters. The first-order chi connectivity index (χ1) is 16.7. The van der Waals surface area contributed by atoms with Crippen LogP contribution in [-0.2, 0) is 11.2 Å². The maximum Gasteiger partial charge on any atom is 0.145 e. The molecule has 2 fully saturated rings. The van der Waals surface area contributed by atoms with E-state index in [-0.39, 0.29) is 6.10 Å². The van der Waals surface area contributed by atoms with Crippen molar-refractivity contribution in [1.29, 1.82) is 0 Å². The molecule has 178 valence electrons. The molecule has 0 amide bonds. The lowest BCUT2D eigenvalue weighted by atomic mass is 9.92. The Hall–Kier alpha value is -3.06. The van der Waals surface area contributed by atoms with Crippen molar-refractivity contribution in [1.82, 2.24) is 9.97 Å². The average molecular weight is 461 g/mol. The van der Waals surface area contributed by atoms with E-state index in [0.29, 0.717) is 6.04 Å². The van der Waals surface area contributed by atoms with Crippen LogP contribution in [-0.4, -0.2) is 55.0 Å². The fourth-order valence-electron chi connectivity index (χ4n) is 5.44. The molecule has 1 N–H and O–H groups in total. The molecule has 0 bridgehead atoms. The molecule has 34 heavy (non-hydrogen) atoms. The third-order valence-corrected chi connectivity index (χ3v) is 7.20. The van der Waals surface area contributed by atoms with E-state index < -0.39 is 0 Å². The zero-order valence-corrected chi connectivity index (χ0v) is 19.8. The molecular weight excluding hydrogens is 428 g/mol. The number of aryl methyl sites for hydroxylation is 1. The van der Waals surface area contributed by atoms with Crippen LogP contribution in [0.1, 0.15) is 36.8 Å². The van der Waals surface area contributed by atoms with Crippen molar-refractivity contribution in [3.05, 3.63) is 47.9 Å². The second-order valence-electron chi connectivity index (χ2n) is 9.63. The number of aromatic nitrogens is 2. The van der Waals surface area contributed by atoms with Crippen LogP contribution in [0.25, 0.3) is 10.9 Å². The predicted octanol–water partition coefficient (Wildman–Crippen LogP) is 4.51. The van der Waals surface area contributed by atoms with Gasteiger partial charge in [0.05, 0.1) is 42.5 Å². The topological polar surface area (TPSA) is 68.7 Å². The van der Waals surface area contributed by atoms with Crippen molar-refractivity contribution in [2.75, 3.05) is 43.1 Å². The molecule has 1 aromatic heterocycles. The fraction of sp³-hybridized carbons (Fsp3) is 0.481. The van der Waals surface area contributed by atoms with Crippen LogP contribution < -0.4 is 19.7 Å². The quantitative estimate of drug-likeness (QED) is 0.601. The Kier molecular flexibility index (Phi) is 5.87. The van der Waals surface area contributed by atoms with Crippen molar-refractivity contribution in [2.45, 2.75) is 51.2 Å². The molecule has 2 aromatic carbocycles. The maximum atomic E-state index is 6.60. The van der Waals surface area contributed by atoms with E-state index in [9.17, 15) is 0 Å². The van der Waals surface area contributed by atoms with Gasteiger partial charge < -0.3 is 24.4 Å². The van der Waals surface area contributed by atoms with Gasteiger partial charge in [0, 0.05) is 43.5 Å². The second-order valence-corrected chi connectivity index (χ2v) is 9.63. The van der Waals surface area contributed by atoms with Gasteiger partial charge in [0.2, 0.25) is 0 Å². The largest absolute Gasteiger partial charge is 0.491 e. The first-order valence-corrected chi connectivity index (χ1v) is 12.5. The second kappa shape index (κ2) is 9.29. The number of fused-ring (bicyclic) bond motifs is 2. The zero-order valence-electron chi connectivity index (χ0n) is 19.8. The van der Waals surface area contributed by atoms with Gasteiger partial charge in [0.15, 0.2) is 0 Å². The molecule has 3 aromatic rings. The Morgan fingerprint density at radius 2 is 1.88 bits per heavy atom. The molecule has 1 saturated carbocycles. The summed E-state index contributed by atoms with van der Waals surface area (Å²) in [6, 6.07) is 9.20. The van der Waals surface area contributed by atoms with Gasteiger partial charge in [-0.1, -0.05) is 6.07 Å². The Morgan fingerprint density at radius 1 is 1.03 bits per heavy atom. The van der Waals surface area contributed by atoms with Gasteiger partial charge in [0.1, 0.15) is 17.8 Å². The van der Waals surface area contributed by atoms with Crippen molar-refractivity contribution in [3.63, 3.8) is 0 Å². The first kappa shape index (κ1) is 21.5. The molecule has 0 atom stereocenters. The number of anilines is 2. The van der Waals surface area contributed by atoms with Crippen LogP contribution in [0.4, 0.5) is 11.4 Å². The summed E-state index contributed by atoms with van der Waals surface area (Å²) in [6.45, 7) is 6.23. The van der Waals surface area contributed by atoms with Crippen LogP contribution >= 0.6 is 0 Å². The van der Waals surface area contributed by atoms with Gasteiger partial charge in [-0.05, 0) is 55.9 Å². The van der Waals surface area contributed by atoms with Crippen LogP contribution in [0, 0.1) is 6.92 Å². The average Bonchev–Trinajstić information content (AvgIpc) is 3.34. The van der Waals surface area contributed by atoms with Crippen LogP contribution in [0.3, 0.4) is 0 Å². The highest BCUT2D eigenvalue weighted by Crippen LogP contribution is 2.38. The number of rotatable bonds is 5. The number of ether oxygens (including phenoxy) is 3. The van der Waals surface area contributed by atoms with E-state index in [1.165, 1.54) is 11.1 Å². The summed E-state index contributed by atoms with van der Waals surface area (Å²) in [6.07, 6.45) is 8.86. The lowest BCUT2D eigenvalue weighted by Gasteiger charge is -2.32. The SMILES string of the molecule is Cc1cc2c(c(NC3CCC(Oc4cc(N5CCOCC5)cc5ncncc45)CC3)c1)OCC2. The standard InChI is InChI=1S/C27H32N4O3/c1-18-12-19-6-9-33-27(19)25(13-18)30-20-2-4-22(5-3-20)34-26-15-21(31-7-10-32-11-8-31)14-24-23(26)16-28-17-29-24/h12-17,20,22,30H,2-11H2,1H3. The molecule has 7 heteroatoms. The van der Waals surface area contributed by atoms with Gasteiger partial charge in [-0.25, -0.2) is 9.97 Å². The summed E-state index contributed by atoms with van der Waals surface area (Å²) in [5.41, 5.74) is 5.84. The highest BCUT2D eigenvalue weighted by Gasteiger charge is 2.26. The summed E-state index contributed by atoms with van der Waals surface area (Å²) in [7, 11) is 0. The van der Waals surface area contributed by atoms with E-state index in [2.05, 4.69) is 51.4 Å². The predicted molar refractivity (Wildman–Crippen MR) is 133 cm³/mol. The van der Waals surface area contributed by atoms with E-state index in [0.717, 1.165) is 98.8 Å². The van der Waals surface area contributed by atoms with E-state index in [4.69, 9.17) is 14.2 Å². The normalized spacial score (nSPS) is 22.3. The first-order valence-electron chi connectivity index (χ1n) is 12.5. The Balaban J connectivity index is 1.15. The molecule has 7 nitrogen and oxygen atoms in total. The third-order valence-electron chi connectivity index (χ3n) is 7.20. The minimum absolute atomic E-state index is 0.195. The molecule has 0 radical (unpaired) electrons. The van der Waals surface area contributed by atoms with Gasteiger partial charge in [-0.3, -0.25) is 0 Å². The van der Waals surface area contributed by atoms with Crippen LogP contribution in [0.15, 0.2) is 36.8 Å².